The van der Waals surface area contributed by atoms with Crippen molar-refractivity contribution in [2.75, 3.05) is 0 Å². The molecule has 0 N–H and O–H groups in total. The Morgan fingerprint density at radius 3 is 2.17 bits per heavy atom. The molecule has 0 aliphatic heterocycles. The van der Waals surface area contributed by atoms with E-state index in [4.69, 9.17) is 4.74 Å². The summed E-state index contributed by atoms with van der Waals surface area (Å²) in [7, 11) is 0. The molecule has 1 aromatic heterocycles. The predicted molar refractivity (Wildman–Crippen MR) is 90.6 cm³/mol. The minimum absolute atomic E-state index is 0.0444. The molecule has 0 saturated carbocycles. The van der Waals surface area contributed by atoms with Gasteiger partial charge in [0, 0.05) is 18.0 Å². The van der Waals surface area contributed by atoms with Crippen LogP contribution in [0, 0.1) is 0 Å². The third-order valence-electron chi connectivity index (χ3n) is 3.25. The summed E-state index contributed by atoms with van der Waals surface area (Å²) in [5, 5.41) is 0. The molecule has 0 aliphatic carbocycles. The topological polar surface area (TPSA) is 39.2 Å². The molecule has 0 amide bonds. The van der Waals surface area contributed by atoms with Crippen LogP contribution in [0.1, 0.15) is 15.9 Å². The van der Waals surface area contributed by atoms with Crippen LogP contribution in [0.5, 0.6) is 11.5 Å². The normalized spacial score (nSPS) is 10.6. The molecule has 0 bridgehead atoms. The average Bonchev–Trinajstić information content (AvgIpc) is 2.62. The molecular formula is C20H15NO2. The van der Waals surface area contributed by atoms with Gasteiger partial charge in [-0.25, -0.2) is 0 Å². The molecule has 1 heterocycles. The third kappa shape index (κ3) is 4.14. The maximum atomic E-state index is 12.0. The number of allylic oxidation sites excluding steroid dienone is 1. The fourth-order valence-electron chi connectivity index (χ4n) is 2.06. The number of hydrogen-bond acceptors (Lipinski definition) is 3. The van der Waals surface area contributed by atoms with Crippen LogP contribution in [-0.2, 0) is 0 Å². The van der Waals surface area contributed by atoms with E-state index in [1.807, 2.05) is 54.6 Å². The summed E-state index contributed by atoms with van der Waals surface area (Å²) in [5.41, 5.74) is 1.56. The quantitative estimate of drug-likeness (QED) is 0.503. The highest BCUT2D eigenvalue weighted by atomic mass is 16.5. The molecule has 3 rings (SSSR count). The molecule has 0 saturated heterocycles. The first-order chi connectivity index (χ1) is 11.3. The second kappa shape index (κ2) is 7.18. The van der Waals surface area contributed by atoms with Crippen molar-refractivity contribution in [3.63, 3.8) is 0 Å². The van der Waals surface area contributed by atoms with Crippen LogP contribution in [0.25, 0.3) is 6.08 Å². The lowest BCUT2D eigenvalue weighted by Crippen LogP contribution is -1.93. The largest absolute Gasteiger partial charge is 0.457 e. The maximum Gasteiger partial charge on any atom is 0.185 e. The SMILES string of the molecule is O=C(/C=C/c1ccc(Oc2ccccc2)cc1)c1ccncc1. The lowest BCUT2D eigenvalue weighted by Gasteiger charge is -2.05. The van der Waals surface area contributed by atoms with Crippen LogP contribution in [0.3, 0.4) is 0 Å². The zero-order valence-corrected chi connectivity index (χ0v) is 12.4. The molecule has 3 nitrogen and oxygen atoms in total. The van der Waals surface area contributed by atoms with Gasteiger partial charge in [-0.15, -0.1) is 0 Å². The smallest absolute Gasteiger partial charge is 0.185 e. The van der Waals surface area contributed by atoms with E-state index >= 15 is 0 Å². The highest BCUT2D eigenvalue weighted by molar-refractivity contribution is 6.06. The van der Waals surface area contributed by atoms with E-state index in [-0.39, 0.29) is 5.78 Å². The first-order valence-electron chi connectivity index (χ1n) is 7.27. The van der Waals surface area contributed by atoms with Crippen LogP contribution >= 0.6 is 0 Å². The average molecular weight is 301 g/mol. The van der Waals surface area contributed by atoms with Crippen molar-refractivity contribution in [1.29, 1.82) is 0 Å². The number of carbonyl (C=O) groups excluding carboxylic acids is 1. The van der Waals surface area contributed by atoms with Crippen molar-refractivity contribution >= 4 is 11.9 Å². The van der Waals surface area contributed by atoms with Gasteiger partial charge < -0.3 is 4.74 Å². The number of benzene rings is 2. The molecule has 3 heteroatoms. The molecule has 0 unspecified atom stereocenters. The summed E-state index contributed by atoms with van der Waals surface area (Å²) in [5.74, 6) is 1.51. The zero-order chi connectivity index (χ0) is 15.9. The Morgan fingerprint density at radius 2 is 1.48 bits per heavy atom. The third-order valence-corrected chi connectivity index (χ3v) is 3.25. The van der Waals surface area contributed by atoms with Gasteiger partial charge in [-0.05, 0) is 48.0 Å². The van der Waals surface area contributed by atoms with Crippen molar-refractivity contribution < 1.29 is 9.53 Å². The molecule has 0 radical (unpaired) electrons. The summed E-state index contributed by atoms with van der Waals surface area (Å²) >= 11 is 0. The number of hydrogen-bond donors (Lipinski definition) is 0. The van der Waals surface area contributed by atoms with Crippen molar-refractivity contribution in [3.8, 4) is 11.5 Å². The van der Waals surface area contributed by atoms with Crippen LogP contribution < -0.4 is 4.74 Å². The van der Waals surface area contributed by atoms with Crippen LogP contribution in [0.4, 0.5) is 0 Å². The zero-order valence-electron chi connectivity index (χ0n) is 12.4. The summed E-state index contributed by atoms with van der Waals surface area (Å²) in [4.78, 5) is 15.9. The van der Waals surface area contributed by atoms with E-state index in [0.29, 0.717) is 5.56 Å². The molecule has 3 aromatic rings. The van der Waals surface area contributed by atoms with E-state index < -0.39 is 0 Å². The minimum Gasteiger partial charge on any atom is -0.457 e. The molecule has 0 spiro atoms. The second-order valence-electron chi connectivity index (χ2n) is 4.92. The molecular weight excluding hydrogens is 286 g/mol. The van der Waals surface area contributed by atoms with E-state index in [9.17, 15) is 4.79 Å². The van der Waals surface area contributed by atoms with Gasteiger partial charge in [0.1, 0.15) is 11.5 Å². The lowest BCUT2D eigenvalue weighted by atomic mass is 10.1. The molecule has 23 heavy (non-hydrogen) atoms. The predicted octanol–water partition coefficient (Wildman–Crippen LogP) is 4.77. The Morgan fingerprint density at radius 1 is 0.826 bits per heavy atom. The molecule has 0 fully saturated rings. The molecule has 0 aliphatic rings. The fraction of sp³-hybridized carbons (Fsp3) is 0. The number of pyridine rings is 1. The summed E-state index contributed by atoms with van der Waals surface area (Å²) in [6, 6.07) is 20.6. The Hall–Kier alpha value is -3.20. The van der Waals surface area contributed by atoms with Gasteiger partial charge in [-0.3, -0.25) is 9.78 Å². The molecule has 2 aromatic carbocycles. The van der Waals surface area contributed by atoms with Crippen LogP contribution in [-0.4, -0.2) is 10.8 Å². The summed E-state index contributed by atoms with van der Waals surface area (Å²) in [6.45, 7) is 0. The van der Waals surface area contributed by atoms with Gasteiger partial charge in [0.15, 0.2) is 5.78 Å². The number of ether oxygens (including phenoxy) is 1. The molecule has 112 valence electrons. The van der Waals surface area contributed by atoms with Gasteiger partial charge in [0.2, 0.25) is 0 Å². The number of para-hydroxylation sites is 1. The van der Waals surface area contributed by atoms with Gasteiger partial charge in [-0.1, -0.05) is 36.4 Å². The van der Waals surface area contributed by atoms with Crippen LogP contribution in [0.2, 0.25) is 0 Å². The fourth-order valence-corrected chi connectivity index (χ4v) is 2.06. The van der Waals surface area contributed by atoms with Crippen molar-refractivity contribution in [1.82, 2.24) is 4.98 Å². The van der Waals surface area contributed by atoms with E-state index in [2.05, 4.69) is 4.98 Å². The Balaban J connectivity index is 1.65. The van der Waals surface area contributed by atoms with Gasteiger partial charge in [-0.2, -0.15) is 0 Å². The summed E-state index contributed by atoms with van der Waals surface area (Å²) < 4.78 is 5.73. The Kier molecular flexibility index (Phi) is 4.60. The van der Waals surface area contributed by atoms with E-state index in [0.717, 1.165) is 17.1 Å². The minimum atomic E-state index is -0.0444. The maximum absolute atomic E-state index is 12.0. The summed E-state index contributed by atoms with van der Waals surface area (Å²) in [6.07, 6.45) is 6.56. The number of aromatic nitrogens is 1. The number of carbonyl (C=O) groups is 1. The highest BCUT2D eigenvalue weighted by Gasteiger charge is 2.00. The highest BCUT2D eigenvalue weighted by Crippen LogP contribution is 2.21. The molecule has 0 atom stereocenters. The first-order valence-corrected chi connectivity index (χ1v) is 7.27. The lowest BCUT2D eigenvalue weighted by molar-refractivity contribution is 0.104. The number of nitrogens with zero attached hydrogens (tertiary/aromatic N) is 1. The van der Waals surface area contributed by atoms with Crippen molar-refractivity contribution in [2.45, 2.75) is 0 Å². The Labute approximate surface area is 134 Å². The Bertz CT molecular complexity index is 794. The standard InChI is InChI=1S/C20H15NO2/c22-20(17-12-14-21-15-13-17)11-8-16-6-9-19(10-7-16)23-18-4-2-1-3-5-18/h1-15H/b11-8+. The van der Waals surface area contributed by atoms with Crippen LogP contribution in [0.15, 0.2) is 85.2 Å². The number of rotatable bonds is 5. The van der Waals surface area contributed by atoms with Gasteiger partial charge in [0.25, 0.3) is 0 Å². The number of ketones is 1. The van der Waals surface area contributed by atoms with E-state index in [1.54, 1.807) is 36.7 Å². The van der Waals surface area contributed by atoms with Crippen molar-refractivity contribution in [2.24, 2.45) is 0 Å². The second-order valence-corrected chi connectivity index (χ2v) is 4.92. The van der Waals surface area contributed by atoms with E-state index in [1.165, 1.54) is 0 Å². The first kappa shape index (κ1) is 14.7. The van der Waals surface area contributed by atoms with Gasteiger partial charge in [0.05, 0.1) is 0 Å². The van der Waals surface area contributed by atoms with Crippen molar-refractivity contribution in [3.05, 3.63) is 96.3 Å². The monoisotopic (exact) mass is 301 g/mol. The van der Waals surface area contributed by atoms with Gasteiger partial charge >= 0.3 is 0 Å².